The topological polar surface area (TPSA) is 67.2 Å². The molecule has 0 bridgehead atoms. The van der Waals surface area contributed by atoms with E-state index in [1.54, 1.807) is 13.1 Å². The molecule has 0 aliphatic heterocycles. The lowest BCUT2D eigenvalue weighted by Gasteiger charge is -2.26. The Morgan fingerprint density at radius 3 is 1.89 bits per heavy atom. The van der Waals surface area contributed by atoms with Crippen LogP contribution in [0.15, 0.2) is 30.3 Å². The van der Waals surface area contributed by atoms with Gasteiger partial charge >= 0.3 is 12.4 Å². The minimum absolute atomic E-state index is 0.0482. The first-order valence-corrected chi connectivity index (χ1v) is 15.1. The largest absolute Gasteiger partial charge is 0.416 e. The molecule has 0 fully saturated rings. The van der Waals surface area contributed by atoms with Gasteiger partial charge in [0, 0.05) is 37.3 Å². The summed E-state index contributed by atoms with van der Waals surface area (Å²) in [6.07, 6.45) is -6.82. The van der Waals surface area contributed by atoms with Gasteiger partial charge in [0.25, 0.3) is 5.92 Å². The second-order valence-electron chi connectivity index (χ2n) is 12.0. The zero-order valence-electron chi connectivity index (χ0n) is 26.9. The van der Waals surface area contributed by atoms with Gasteiger partial charge in [0.15, 0.2) is 0 Å². The summed E-state index contributed by atoms with van der Waals surface area (Å²) >= 11 is 0. The number of nitrogens with one attached hydrogen (secondary N) is 2. The molecule has 256 valence electrons. The molecule has 0 radical (unpaired) electrons. The summed E-state index contributed by atoms with van der Waals surface area (Å²) in [6, 6.07) is 4.52. The molecule has 0 heterocycles. The summed E-state index contributed by atoms with van der Waals surface area (Å²) in [5.41, 5.74) is 3.81. The first kappa shape index (κ1) is 40.3. The predicted molar refractivity (Wildman–Crippen MR) is 163 cm³/mol. The van der Waals surface area contributed by atoms with Gasteiger partial charge < -0.3 is 21.2 Å². The fourth-order valence-electron chi connectivity index (χ4n) is 5.47. The standard InChI is InChI=1S/C29H36F8N2.C3H9N.CH2O/c1-5-19(17(2)3)7-6-8-25(23-13-20-9-10-27(30,31)24(20)15-26(23)38-4)39-16-18-11-21(28(32,33)34)14-22(12-18)29(35,36)37;1-3(2)4;1-2/h11-15,17,19,25,38-39H,5-10,16H2,1-4H3;3H,4H2,1-2H3;1H2. The molecule has 4 nitrogen and oxygen atoms in total. The van der Waals surface area contributed by atoms with E-state index in [-0.39, 0.29) is 36.6 Å². The normalized spacial score (nSPS) is 15.5. The van der Waals surface area contributed by atoms with Crippen LogP contribution in [0.1, 0.15) is 106 Å². The van der Waals surface area contributed by atoms with Gasteiger partial charge in [0.2, 0.25) is 0 Å². The molecule has 2 atom stereocenters. The van der Waals surface area contributed by atoms with Crippen LogP contribution in [-0.4, -0.2) is 19.9 Å². The van der Waals surface area contributed by atoms with E-state index >= 15 is 0 Å². The molecule has 4 N–H and O–H groups in total. The van der Waals surface area contributed by atoms with Gasteiger partial charge in [-0.1, -0.05) is 59.9 Å². The van der Waals surface area contributed by atoms with Crippen molar-refractivity contribution in [2.24, 2.45) is 17.6 Å². The maximum Gasteiger partial charge on any atom is 0.416 e. The summed E-state index contributed by atoms with van der Waals surface area (Å²) < 4.78 is 109. The van der Waals surface area contributed by atoms with Gasteiger partial charge in [-0.25, -0.2) is 8.78 Å². The molecule has 1 aliphatic carbocycles. The van der Waals surface area contributed by atoms with Crippen molar-refractivity contribution in [2.75, 3.05) is 12.4 Å². The van der Waals surface area contributed by atoms with Crippen molar-refractivity contribution in [1.29, 1.82) is 0 Å². The predicted octanol–water partition coefficient (Wildman–Crippen LogP) is 9.66. The third-order valence-electron chi connectivity index (χ3n) is 7.76. The number of anilines is 1. The molecule has 2 aromatic carbocycles. The average molecular weight is 654 g/mol. The van der Waals surface area contributed by atoms with Crippen LogP contribution in [0.5, 0.6) is 0 Å². The third-order valence-corrected chi connectivity index (χ3v) is 7.76. The van der Waals surface area contributed by atoms with Crippen molar-refractivity contribution < 1.29 is 39.9 Å². The van der Waals surface area contributed by atoms with Crippen LogP contribution in [0.25, 0.3) is 0 Å². The molecule has 0 spiro atoms. The highest BCUT2D eigenvalue weighted by molar-refractivity contribution is 5.59. The van der Waals surface area contributed by atoms with Crippen molar-refractivity contribution >= 4 is 12.5 Å². The maximum absolute atomic E-state index is 14.4. The molecule has 2 unspecified atom stereocenters. The summed E-state index contributed by atoms with van der Waals surface area (Å²) in [5, 5.41) is 6.11. The van der Waals surface area contributed by atoms with E-state index in [2.05, 4.69) is 31.4 Å². The lowest BCUT2D eigenvalue weighted by atomic mass is 9.86. The quantitative estimate of drug-likeness (QED) is 0.211. The second-order valence-corrected chi connectivity index (χ2v) is 12.0. The number of rotatable bonds is 11. The molecule has 1 aliphatic rings. The SMILES string of the molecule is C=O.CC(C)N.CCC(CCCC(NCc1cc(C(F)(F)F)cc(C(F)(F)F)c1)c1cc2c(cc1NC)C(F)(F)CC2)C(C)C. The highest BCUT2D eigenvalue weighted by Gasteiger charge is 2.40. The van der Waals surface area contributed by atoms with Crippen LogP contribution in [0.4, 0.5) is 40.8 Å². The van der Waals surface area contributed by atoms with Crippen LogP contribution >= 0.6 is 0 Å². The van der Waals surface area contributed by atoms with E-state index in [9.17, 15) is 35.1 Å². The lowest BCUT2D eigenvalue weighted by molar-refractivity contribution is -0.143. The van der Waals surface area contributed by atoms with Crippen LogP contribution in [0.3, 0.4) is 0 Å². The van der Waals surface area contributed by atoms with E-state index in [4.69, 9.17) is 10.5 Å². The molecule has 0 aromatic heterocycles. The van der Waals surface area contributed by atoms with Crippen LogP contribution in [0, 0.1) is 11.8 Å². The second kappa shape index (κ2) is 17.3. The molecule has 45 heavy (non-hydrogen) atoms. The molecule has 12 heteroatoms. The maximum atomic E-state index is 14.4. The fourth-order valence-corrected chi connectivity index (χ4v) is 5.47. The van der Waals surface area contributed by atoms with Crippen LogP contribution in [-0.2, 0) is 36.0 Å². The first-order valence-electron chi connectivity index (χ1n) is 15.1. The van der Waals surface area contributed by atoms with Gasteiger partial charge in [-0.2, -0.15) is 26.3 Å². The number of carbonyl (C=O) groups is 1. The minimum atomic E-state index is -4.94. The highest BCUT2D eigenvalue weighted by Crippen LogP contribution is 2.45. The van der Waals surface area contributed by atoms with E-state index < -0.39 is 35.4 Å². The van der Waals surface area contributed by atoms with Crippen molar-refractivity contribution in [3.8, 4) is 0 Å². The number of nitrogens with two attached hydrogens (primary N) is 1. The van der Waals surface area contributed by atoms with Crippen molar-refractivity contribution in [2.45, 2.75) is 110 Å². The average Bonchev–Trinajstić information content (AvgIpc) is 3.24. The lowest BCUT2D eigenvalue weighted by Crippen LogP contribution is -2.24. The number of benzene rings is 2. The zero-order chi connectivity index (χ0) is 34.8. The van der Waals surface area contributed by atoms with Gasteiger partial charge in [-0.05, 0) is 71.7 Å². The number of aryl methyl sites for hydroxylation is 1. The molecule has 0 saturated heterocycles. The first-order chi connectivity index (χ1) is 20.8. The molecular weight excluding hydrogens is 606 g/mol. The number of hydrogen-bond donors (Lipinski definition) is 3. The molecule has 0 amide bonds. The third kappa shape index (κ3) is 12.2. The summed E-state index contributed by atoms with van der Waals surface area (Å²) in [6.45, 7) is 12.0. The van der Waals surface area contributed by atoms with Crippen molar-refractivity contribution in [1.82, 2.24) is 5.32 Å². The Hall–Kier alpha value is -2.73. The summed E-state index contributed by atoms with van der Waals surface area (Å²) in [4.78, 5) is 8.00. The molecule has 2 aromatic rings. The van der Waals surface area contributed by atoms with Gasteiger partial charge in [-0.3, -0.25) is 0 Å². The van der Waals surface area contributed by atoms with Gasteiger partial charge in [0.1, 0.15) is 6.79 Å². The van der Waals surface area contributed by atoms with Crippen molar-refractivity contribution in [3.63, 3.8) is 0 Å². The smallest absolute Gasteiger partial charge is 0.388 e. The van der Waals surface area contributed by atoms with Crippen molar-refractivity contribution in [3.05, 3.63) is 63.7 Å². The Balaban J connectivity index is 0.00000156. The highest BCUT2D eigenvalue weighted by atomic mass is 19.4. The monoisotopic (exact) mass is 653 g/mol. The fraction of sp³-hybridized carbons (Fsp3) is 0.606. The number of halogens is 8. The Bertz CT molecular complexity index is 1160. The molecule has 0 saturated carbocycles. The van der Waals surface area contributed by atoms with E-state index in [1.165, 1.54) is 6.07 Å². The van der Waals surface area contributed by atoms with Gasteiger partial charge in [0.05, 0.1) is 11.1 Å². The number of alkyl halides is 8. The Morgan fingerprint density at radius 2 is 1.44 bits per heavy atom. The summed E-state index contributed by atoms with van der Waals surface area (Å²) in [7, 11) is 1.60. The Kier molecular flexibility index (Phi) is 15.5. The van der Waals surface area contributed by atoms with E-state index in [0.717, 1.165) is 19.3 Å². The van der Waals surface area contributed by atoms with Crippen LogP contribution < -0.4 is 16.4 Å². The molecular formula is C33H47F8N3O. The minimum Gasteiger partial charge on any atom is -0.388 e. The zero-order valence-corrected chi connectivity index (χ0v) is 26.9. The van der Waals surface area contributed by atoms with Gasteiger partial charge in [-0.15, -0.1) is 0 Å². The Morgan fingerprint density at radius 1 is 0.911 bits per heavy atom. The Labute approximate surface area is 261 Å². The number of carbonyl (C=O) groups excluding carboxylic acids is 1. The van der Waals surface area contributed by atoms with E-state index in [0.29, 0.717) is 53.2 Å². The number of hydrogen-bond acceptors (Lipinski definition) is 4. The summed E-state index contributed by atoms with van der Waals surface area (Å²) in [5.74, 6) is -2.02. The number of fused-ring (bicyclic) bond motifs is 1. The van der Waals surface area contributed by atoms with Crippen LogP contribution in [0.2, 0.25) is 0 Å². The van der Waals surface area contributed by atoms with E-state index in [1.807, 2.05) is 20.6 Å². The molecule has 3 rings (SSSR count).